The Morgan fingerprint density at radius 1 is 1.28 bits per heavy atom. The summed E-state index contributed by atoms with van der Waals surface area (Å²) < 4.78 is 8.26. The maximum atomic E-state index is 12.8. The second kappa shape index (κ2) is 8.98. The Balaban J connectivity index is 1.35. The minimum atomic E-state index is 0.112. The first-order valence-electron chi connectivity index (χ1n) is 9.05. The van der Waals surface area contributed by atoms with Crippen LogP contribution in [0.25, 0.3) is 0 Å². The predicted octanol–water partition coefficient (Wildman–Crippen LogP) is 5.25. The molecule has 4 aromatic heterocycles. The molecule has 0 unspecified atom stereocenters. The van der Waals surface area contributed by atoms with E-state index in [2.05, 4.69) is 37.6 Å². The van der Waals surface area contributed by atoms with Crippen molar-refractivity contribution in [2.45, 2.75) is 31.3 Å². The van der Waals surface area contributed by atoms with Crippen molar-refractivity contribution in [1.29, 1.82) is 0 Å². The summed E-state index contributed by atoms with van der Waals surface area (Å²) in [6.45, 7) is 5.42. The molecule has 0 aliphatic rings. The van der Waals surface area contributed by atoms with E-state index in [4.69, 9.17) is 4.42 Å². The van der Waals surface area contributed by atoms with Crippen molar-refractivity contribution >= 4 is 45.4 Å². The normalized spacial score (nSPS) is 11.1. The second-order valence-corrected chi connectivity index (χ2v) is 9.70. The van der Waals surface area contributed by atoms with Crippen LogP contribution < -0.4 is 5.32 Å². The van der Waals surface area contributed by atoms with Crippen LogP contribution in [-0.4, -0.2) is 26.3 Å². The van der Waals surface area contributed by atoms with Crippen molar-refractivity contribution in [1.82, 2.24) is 14.8 Å². The molecule has 6 nitrogen and oxygen atoms in total. The van der Waals surface area contributed by atoms with E-state index < -0.39 is 0 Å². The number of aromatic nitrogens is 3. The number of nitrogens with zero attached hydrogens (tertiary/aromatic N) is 3. The van der Waals surface area contributed by atoms with E-state index in [-0.39, 0.29) is 5.78 Å². The summed E-state index contributed by atoms with van der Waals surface area (Å²) in [7, 11) is 0. The van der Waals surface area contributed by atoms with E-state index in [1.165, 1.54) is 28.0 Å². The lowest BCUT2D eigenvalue weighted by molar-refractivity contribution is 0.102. The first-order chi connectivity index (χ1) is 14.1. The Labute approximate surface area is 181 Å². The minimum Gasteiger partial charge on any atom is -0.467 e. The maximum Gasteiger partial charge on any atom is 0.206 e. The number of thiophene rings is 1. The van der Waals surface area contributed by atoms with Crippen molar-refractivity contribution in [2.75, 3.05) is 11.1 Å². The topological polar surface area (TPSA) is 73.0 Å². The van der Waals surface area contributed by atoms with Crippen LogP contribution in [0.3, 0.4) is 0 Å². The van der Waals surface area contributed by atoms with Crippen LogP contribution >= 0.6 is 34.4 Å². The number of hydrogen-bond acceptors (Lipinski definition) is 8. The fourth-order valence-corrected chi connectivity index (χ4v) is 5.33. The summed E-state index contributed by atoms with van der Waals surface area (Å²) in [5, 5.41) is 14.3. The van der Waals surface area contributed by atoms with Crippen LogP contribution in [0.15, 0.2) is 50.7 Å². The molecule has 0 bridgehead atoms. The molecule has 150 valence electrons. The van der Waals surface area contributed by atoms with Gasteiger partial charge in [0.05, 0.1) is 25.1 Å². The highest BCUT2D eigenvalue weighted by Crippen LogP contribution is 2.27. The lowest BCUT2D eigenvalue weighted by atomic mass is 10.2. The summed E-state index contributed by atoms with van der Waals surface area (Å²) in [6.07, 6.45) is 1.64. The molecule has 0 atom stereocenters. The molecule has 1 N–H and O–H groups in total. The molecule has 0 amide bonds. The number of hydrogen-bond donors (Lipinski definition) is 1. The molecule has 9 heteroatoms. The fourth-order valence-electron chi connectivity index (χ4n) is 3.01. The average molecular weight is 445 g/mol. The summed E-state index contributed by atoms with van der Waals surface area (Å²) in [5.74, 6) is 1.29. The Hall–Kier alpha value is -2.36. The van der Waals surface area contributed by atoms with Crippen LogP contribution in [0.1, 0.15) is 32.4 Å². The van der Waals surface area contributed by atoms with Gasteiger partial charge in [-0.25, -0.2) is 0 Å². The molecular weight excluding hydrogens is 424 g/mol. The highest BCUT2D eigenvalue weighted by Gasteiger charge is 2.17. The molecule has 4 heterocycles. The first-order valence-corrected chi connectivity index (χ1v) is 11.7. The van der Waals surface area contributed by atoms with Crippen molar-refractivity contribution < 1.29 is 9.21 Å². The Morgan fingerprint density at radius 2 is 2.17 bits per heavy atom. The van der Waals surface area contributed by atoms with Crippen molar-refractivity contribution in [3.05, 3.63) is 69.6 Å². The lowest BCUT2D eigenvalue weighted by Gasteiger charge is -2.08. The summed E-state index contributed by atoms with van der Waals surface area (Å²) in [6, 6.07) is 9.91. The standard InChI is InChI=1S/C20H20N4O2S3/c1-13-9-17(14(2)24(13)11-16-6-4-8-27-16)18(25)12-28-20-23-22-19(29-20)21-10-15-5-3-7-26-15/h3-9H,10-12H2,1-2H3,(H,21,22). The Morgan fingerprint density at radius 3 is 2.93 bits per heavy atom. The molecule has 0 aromatic carbocycles. The molecule has 0 saturated heterocycles. The number of rotatable bonds is 9. The van der Waals surface area contributed by atoms with Gasteiger partial charge in [-0.05, 0) is 43.5 Å². The van der Waals surface area contributed by atoms with Gasteiger partial charge in [-0.2, -0.15) is 0 Å². The van der Waals surface area contributed by atoms with Gasteiger partial charge in [0.15, 0.2) is 10.1 Å². The van der Waals surface area contributed by atoms with Crippen molar-refractivity contribution in [3.63, 3.8) is 0 Å². The fraction of sp³-hybridized carbons (Fsp3) is 0.250. The van der Waals surface area contributed by atoms with Gasteiger partial charge >= 0.3 is 0 Å². The van der Waals surface area contributed by atoms with Crippen LogP contribution in [0.5, 0.6) is 0 Å². The van der Waals surface area contributed by atoms with Crippen molar-refractivity contribution in [2.24, 2.45) is 0 Å². The monoisotopic (exact) mass is 444 g/mol. The minimum absolute atomic E-state index is 0.112. The van der Waals surface area contributed by atoms with Gasteiger partial charge in [0.25, 0.3) is 0 Å². The third-order valence-corrected chi connectivity index (χ3v) is 7.37. The van der Waals surface area contributed by atoms with Gasteiger partial charge in [0.2, 0.25) is 5.13 Å². The van der Waals surface area contributed by atoms with E-state index >= 15 is 0 Å². The second-order valence-electron chi connectivity index (χ2n) is 6.47. The number of thioether (sulfide) groups is 1. The number of anilines is 1. The van der Waals surface area contributed by atoms with E-state index in [1.54, 1.807) is 17.6 Å². The number of nitrogens with one attached hydrogen (secondary N) is 1. The first kappa shape index (κ1) is 19.9. The predicted molar refractivity (Wildman–Crippen MR) is 118 cm³/mol. The average Bonchev–Trinajstić information content (AvgIpc) is 3.50. The molecule has 0 aliphatic heterocycles. The van der Waals surface area contributed by atoms with E-state index in [1.807, 2.05) is 32.0 Å². The van der Waals surface area contributed by atoms with Gasteiger partial charge in [-0.3, -0.25) is 4.79 Å². The van der Waals surface area contributed by atoms with Crippen LogP contribution in [0.4, 0.5) is 5.13 Å². The Bertz CT molecular complexity index is 1080. The number of carbonyl (C=O) groups excluding carboxylic acids is 1. The van der Waals surface area contributed by atoms with E-state index in [9.17, 15) is 4.79 Å². The summed E-state index contributed by atoms with van der Waals surface area (Å²) in [5.41, 5.74) is 2.90. The third-order valence-electron chi connectivity index (χ3n) is 4.50. The lowest BCUT2D eigenvalue weighted by Crippen LogP contribution is -2.07. The zero-order valence-electron chi connectivity index (χ0n) is 16.0. The molecule has 0 radical (unpaired) electrons. The van der Waals surface area contributed by atoms with Gasteiger partial charge in [-0.15, -0.1) is 21.5 Å². The third kappa shape index (κ3) is 4.80. The van der Waals surface area contributed by atoms with Crippen LogP contribution in [0, 0.1) is 13.8 Å². The zero-order chi connectivity index (χ0) is 20.2. The quantitative estimate of drug-likeness (QED) is 0.281. The summed E-state index contributed by atoms with van der Waals surface area (Å²) in [4.78, 5) is 14.1. The molecule has 0 aliphatic carbocycles. The molecule has 4 rings (SSSR count). The largest absolute Gasteiger partial charge is 0.467 e. The summed E-state index contributed by atoms with van der Waals surface area (Å²) >= 11 is 4.59. The van der Waals surface area contributed by atoms with Gasteiger partial charge < -0.3 is 14.3 Å². The number of furan rings is 1. The Kier molecular flexibility index (Phi) is 6.17. The van der Waals surface area contributed by atoms with Gasteiger partial charge in [0.1, 0.15) is 5.76 Å². The number of ketones is 1. The van der Waals surface area contributed by atoms with Crippen LogP contribution in [0.2, 0.25) is 0 Å². The molecule has 0 fully saturated rings. The molecule has 4 aromatic rings. The van der Waals surface area contributed by atoms with Crippen molar-refractivity contribution in [3.8, 4) is 0 Å². The molecule has 0 saturated carbocycles. The highest BCUT2D eigenvalue weighted by molar-refractivity contribution is 8.01. The number of Topliss-reactive ketones (excluding diaryl/α,β-unsaturated/α-hetero) is 1. The van der Waals surface area contributed by atoms with E-state index in [0.29, 0.717) is 17.4 Å². The molecule has 29 heavy (non-hydrogen) atoms. The van der Waals surface area contributed by atoms with Gasteiger partial charge in [-0.1, -0.05) is 29.2 Å². The number of carbonyl (C=O) groups is 1. The molecular formula is C20H20N4O2S3. The molecule has 0 spiro atoms. The SMILES string of the molecule is Cc1cc(C(=O)CSc2nnc(NCc3ccco3)s2)c(C)n1Cc1cccs1. The maximum absolute atomic E-state index is 12.8. The van der Waals surface area contributed by atoms with Crippen LogP contribution in [-0.2, 0) is 13.1 Å². The smallest absolute Gasteiger partial charge is 0.206 e. The highest BCUT2D eigenvalue weighted by atomic mass is 32.2. The number of aryl methyl sites for hydroxylation is 1. The van der Waals surface area contributed by atoms with Gasteiger partial charge in [0, 0.05) is 21.8 Å². The van der Waals surface area contributed by atoms with E-state index in [0.717, 1.165) is 33.6 Å². The zero-order valence-corrected chi connectivity index (χ0v) is 18.5.